The summed E-state index contributed by atoms with van der Waals surface area (Å²) in [6, 6.07) is 0. The standard InChI is InChI=1S/C18F28O/c19-3-1(2(8(23)24)9(25,26)27)7(6(22)5(21)4(3)20)47-18(45,46)16(40,41)14(36,37)12(32,33)10(28,29)11(30,31)13(34,35)15(38,39)17(42,43)44. The van der Waals surface area contributed by atoms with Gasteiger partial charge >= 0.3 is 59.9 Å². The van der Waals surface area contributed by atoms with Crippen molar-refractivity contribution >= 4 is 5.57 Å². The predicted molar refractivity (Wildman–Crippen MR) is 87.7 cm³/mol. The third-order valence-electron chi connectivity index (χ3n) is 5.26. The van der Waals surface area contributed by atoms with Crippen molar-refractivity contribution in [2.75, 3.05) is 0 Å². The van der Waals surface area contributed by atoms with Crippen LogP contribution in [-0.2, 0) is 0 Å². The lowest BCUT2D eigenvalue weighted by molar-refractivity contribution is -0.476. The SMILES string of the molecule is FC(F)=C(c1c(F)c(F)c(F)c(F)c1OC(F)(F)C(F)(F)C(F)(F)C(F)(F)C(F)(F)C(F)(F)C(F)(F)C(F)(F)C(F)(F)F)C(F)(F)F. The highest BCUT2D eigenvalue weighted by Gasteiger charge is 2.97. The largest absolute Gasteiger partial charge is 0.471 e. The van der Waals surface area contributed by atoms with Crippen molar-refractivity contribution in [1.82, 2.24) is 0 Å². The summed E-state index contributed by atoms with van der Waals surface area (Å²) < 4.78 is 375. The maximum absolute atomic E-state index is 14.0. The summed E-state index contributed by atoms with van der Waals surface area (Å²) >= 11 is 0. The van der Waals surface area contributed by atoms with Crippen LogP contribution in [0.5, 0.6) is 5.75 Å². The molecule has 0 amide bonds. The van der Waals surface area contributed by atoms with Gasteiger partial charge in [-0.25, -0.2) is 13.2 Å². The Hall–Kier alpha value is -3.20. The Morgan fingerprint density at radius 1 is 0.383 bits per heavy atom. The first-order valence-electron chi connectivity index (χ1n) is 9.95. The van der Waals surface area contributed by atoms with E-state index < -0.39 is 106 Å². The Bertz CT molecular complexity index is 1390. The van der Waals surface area contributed by atoms with Gasteiger partial charge in [0, 0.05) is 0 Å². The summed E-state index contributed by atoms with van der Waals surface area (Å²) in [6.07, 6.45) is -28.2. The Kier molecular flexibility index (Phi) is 9.95. The molecule has 47 heavy (non-hydrogen) atoms. The number of benzene rings is 1. The van der Waals surface area contributed by atoms with Crippen LogP contribution in [0, 0.1) is 23.3 Å². The molecule has 0 N–H and O–H groups in total. The van der Waals surface area contributed by atoms with Crippen LogP contribution in [0.25, 0.3) is 5.57 Å². The molecule has 0 saturated heterocycles. The van der Waals surface area contributed by atoms with Gasteiger partial charge in [-0.3, -0.25) is 0 Å². The van der Waals surface area contributed by atoms with E-state index in [-0.39, 0.29) is 0 Å². The number of ether oxygens (including phenoxy) is 1. The van der Waals surface area contributed by atoms with Crippen molar-refractivity contribution < 1.29 is 128 Å². The van der Waals surface area contributed by atoms with Crippen molar-refractivity contribution in [2.24, 2.45) is 0 Å². The molecule has 0 unspecified atom stereocenters. The Morgan fingerprint density at radius 3 is 0.979 bits per heavy atom. The monoisotopic (exact) mass is 764 g/mol. The summed E-state index contributed by atoms with van der Waals surface area (Å²) in [7, 11) is 0. The second-order valence-electron chi connectivity index (χ2n) is 8.23. The van der Waals surface area contributed by atoms with Crippen LogP contribution in [0.4, 0.5) is 123 Å². The number of allylic oxidation sites excluding steroid dienone is 1. The van der Waals surface area contributed by atoms with E-state index in [1.54, 1.807) is 0 Å². The van der Waals surface area contributed by atoms with Crippen LogP contribution in [-0.4, -0.2) is 59.9 Å². The topological polar surface area (TPSA) is 9.23 Å². The van der Waals surface area contributed by atoms with Gasteiger partial charge in [-0.2, -0.15) is 110 Å². The minimum Gasteiger partial charge on any atom is -0.424 e. The predicted octanol–water partition coefficient (Wildman–Crippen LogP) is 10.4. The van der Waals surface area contributed by atoms with Crippen LogP contribution in [0.3, 0.4) is 0 Å². The summed E-state index contributed by atoms with van der Waals surface area (Å²) in [5, 5.41) is 0. The van der Waals surface area contributed by atoms with Crippen LogP contribution in [0.1, 0.15) is 5.56 Å². The van der Waals surface area contributed by atoms with E-state index in [2.05, 4.69) is 0 Å². The molecule has 0 saturated carbocycles. The molecule has 0 spiro atoms. The summed E-state index contributed by atoms with van der Waals surface area (Å²) in [4.78, 5) is 0. The highest BCUT2D eigenvalue weighted by molar-refractivity contribution is 5.75. The fraction of sp³-hybridized carbons (Fsp3) is 0.556. The fourth-order valence-corrected chi connectivity index (χ4v) is 2.81. The van der Waals surface area contributed by atoms with Crippen LogP contribution in [0.15, 0.2) is 6.08 Å². The summed E-state index contributed by atoms with van der Waals surface area (Å²) in [5.74, 6) is -84.7. The van der Waals surface area contributed by atoms with E-state index in [1.165, 1.54) is 0 Å². The van der Waals surface area contributed by atoms with E-state index in [4.69, 9.17) is 0 Å². The molecule has 29 heteroatoms. The molecule has 0 fully saturated rings. The molecule has 0 aliphatic rings. The number of alkyl halides is 22. The molecule has 0 aliphatic heterocycles. The minimum atomic E-state index is -9.51. The molecule has 1 aromatic carbocycles. The van der Waals surface area contributed by atoms with Gasteiger partial charge in [0.2, 0.25) is 11.6 Å². The zero-order chi connectivity index (χ0) is 38.3. The fourth-order valence-electron chi connectivity index (χ4n) is 2.81. The molecule has 0 aromatic heterocycles. The van der Waals surface area contributed by atoms with Crippen molar-refractivity contribution in [2.45, 2.75) is 59.9 Å². The first-order chi connectivity index (χ1) is 20.2. The third-order valence-corrected chi connectivity index (χ3v) is 5.26. The Labute approximate surface area is 235 Å². The van der Waals surface area contributed by atoms with Gasteiger partial charge in [0.1, 0.15) is 5.57 Å². The van der Waals surface area contributed by atoms with E-state index in [0.717, 1.165) is 0 Å². The highest BCUT2D eigenvalue weighted by Crippen LogP contribution is 2.65. The van der Waals surface area contributed by atoms with E-state index in [1.807, 2.05) is 4.74 Å². The molecule has 0 atom stereocenters. The molecule has 1 nitrogen and oxygen atoms in total. The number of rotatable bonds is 10. The van der Waals surface area contributed by atoms with E-state index in [9.17, 15) is 123 Å². The molecule has 1 aromatic rings. The second-order valence-corrected chi connectivity index (χ2v) is 8.23. The van der Waals surface area contributed by atoms with Crippen molar-refractivity contribution in [1.29, 1.82) is 0 Å². The second kappa shape index (κ2) is 11.2. The van der Waals surface area contributed by atoms with Crippen molar-refractivity contribution in [3.8, 4) is 5.75 Å². The first-order valence-corrected chi connectivity index (χ1v) is 9.95. The van der Waals surface area contributed by atoms with Crippen molar-refractivity contribution in [3.05, 3.63) is 34.9 Å². The minimum absolute atomic E-state index is 1.98. The smallest absolute Gasteiger partial charge is 0.424 e. The maximum Gasteiger partial charge on any atom is 0.471 e. The van der Waals surface area contributed by atoms with E-state index in [0.29, 0.717) is 0 Å². The number of hydrogen-bond acceptors (Lipinski definition) is 1. The lowest BCUT2D eigenvalue weighted by Crippen LogP contribution is -2.76. The molecule has 0 bridgehead atoms. The third kappa shape index (κ3) is 5.70. The van der Waals surface area contributed by atoms with Gasteiger partial charge in [-0.15, -0.1) is 0 Å². The molecule has 0 heterocycles. The molecular weight excluding hydrogens is 764 g/mol. The quantitative estimate of drug-likeness (QED) is 0.131. The van der Waals surface area contributed by atoms with Gasteiger partial charge < -0.3 is 4.74 Å². The van der Waals surface area contributed by atoms with Gasteiger partial charge in [-0.05, 0) is 0 Å². The van der Waals surface area contributed by atoms with Crippen LogP contribution >= 0.6 is 0 Å². The van der Waals surface area contributed by atoms with E-state index >= 15 is 0 Å². The summed E-state index contributed by atoms with van der Waals surface area (Å²) in [6.45, 7) is 0. The van der Waals surface area contributed by atoms with Crippen LogP contribution in [0.2, 0.25) is 0 Å². The Morgan fingerprint density at radius 2 is 0.681 bits per heavy atom. The lowest BCUT2D eigenvalue weighted by Gasteiger charge is -2.43. The number of hydrogen-bond donors (Lipinski definition) is 0. The highest BCUT2D eigenvalue weighted by atomic mass is 19.4. The lowest BCUT2D eigenvalue weighted by atomic mass is 9.88. The van der Waals surface area contributed by atoms with Gasteiger partial charge in [0.15, 0.2) is 17.4 Å². The van der Waals surface area contributed by atoms with Crippen LogP contribution < -0.4 is 4.74 Å². The first kappa shape index (κ1) is 41.8. The zero-order valence-electron chi connectivity index (χ0n) is 20.0. The average molecular weight is 764 g/mol. The summed E-state index contributed by atoms with van der Waals surface area (Å²) in [5.41, 5.74) is -8.37. The average Bonchev–Trinajstić information content (AvgIpc) is 2.85. The van der Waals surface area contributed by atoms with Gasteiger partial charge in [0.25, 0.3) is 6.08 Å². The maximum atomic E-state index is 14.0. The molecular formula is C18F28O. The molecule has 1 rings (SSSR count). The molecule has 0 aliphatic carbocycles. The Balaban J connectivity index is 4.09. The van der Waals surface area contributed by atoms with Crippen molar-refractivity contribution in [3.63, 3.8) is 0 Å². The molecule has 274 valence electrons. The number of halogens is 28. The molecule has 0 radical (unpaired) electrons. The van der Waals surface area contributed by atoms with Gasteiger partial charge in [0.05, 0.1) is 5.56 Å². The normalized spacial score (nSPS) is 15.2. The van der Waals surface area contributed by atoms with Gasteiger partial charge in [-0.1, -0.05) is 0 Å². The zero-order valence-corrected chi connectivity index (χ0v) is 20.0.